The molecule has 0 saturated heterocycles. The number of ether oxygens (including phenoxy) is 4. The van der Waals surface area contributed by atoms with Crippen molar-refractivity contribution in [2.75, 3.05) is 18.9 Å². The number of hydrogen-bond donors (Lipinski definition) is 1. The highest BCUT2D eigenvalue weighted by Gasteiger charge is 2.73. The molecule has 8 nitrogen and oxygen atoms in total. The molecule has 2 aliphatic carbocycles. The van der Waals surface area contributed by atoms with Gasteiger partial charge in [0, 0.05) is 29.3 Å². The zero-order valence-corrected chi connectivity index (χ0v) is 18.7. The van der Waals surface area contributed by atoms with Crippen molar-refractivity contribution >= 4 is 22.6 Å². The minimum Gasteiger partial charge on any atom is -0.454 e. The van der Waals surface area contributed by atoms with Crippen LogP contribution in [0.15, 0.2) is 30.3 Å². The van der Waals surface area contributed by atoms with Crippen LogP contribution in [0.4, 0.5) is 5.69 Å². The number of rotatable bonds is 2. The largest absolute Gasteiger partial charge is 0.454 e. The lowest BCUT2D eigenvalue weighted by Crippen LogP contribution is -2.48. The van der Waals surface area contributed by atoms with Gasteiger partial charge >= 0.3 is 0 Å². The average molecular weight is 445 g/mol. The topological polar surface area (TPSA) is 91.8 Å². The molecule has 2 unspecified atom stereocenters. The number of benzene rings is 2. The van der Waals surface area contributed by atoms with Crippen LogP contribution in [0.1, 0.15) is 45.0 Å². The Bertz CT molecular complexity index is 1390. The van der Waals surface area contributed by atoms with E-state index in [2.05, 4.69) is 26.1 Å². The zero-order chi connectivity index (χ0) is 22.6. The van der Waals surface area contributed by atoms with Crippen molar-refractivity contribution < 1.29 is 23.7 Å². The van der Waals surface area contributed by atoms with Crippen molar-refractivity contribution in [2.24, 2.45) is 5.41 Å². The van der Waals surface area contributed by atoms with Crippen molar-refractivity contribution in [3.05, 3.63) is 41.7 Å². The fourth-order valence-corrected chi connectivity index (χ4v) is 6.21. The molecule has 7 rings (SSSR count). The van der Waals surface area contributed by atoms with Gasteiger partial charge in [0.1, 0.15) is 0 Å². The van der Waals surface area contributed by atoms with Crippen LogP contribution in [-0.4, -0.2) is 29.5 Å². The summed E-state index contributed by atoms with van der Waals surface area (Å²) in [7, 11) is 0. The molecule has 3 aromatic rings. The molecule has 1 saturated carbocycles. The molecular weight excluding hydrogens is 422 g/mol. The number of hydrogen-bond acceptors (Lipinski definition) is 7. The van der Waals surface area contributed by atoms with Crippen LogP contribution < -0.4 is 24.3 Å². The molecular formula is C25H23N3O5. The molecule has 0 spiro atoms. The van der Waals surface area contributed by atoms with E-state index < -0.39 is 5.41 Å². The van der Waals surface area contributed by atoms with Crippen LogP contribution in [0.3, 0.4) is 0 Å². The number of fused-ring (bicyclic) bond motifs is 8. The third-order valence-electron chi connectivity index (χ3n) is 8.55. The molecule has 8 heteroatoms. The first-order valence-corrected chi connectivity index (χ1v) is 11.2. The summed E-state index contributed by atoms with van der Waals surface area (Å²) in [5, 5.41) is 3.15. The van der Waals surface area contributed by atoms with Gasteiger partial charge in [-0.05, 0) is 30.4 Å². The lowest BCUT2D eigenvalue weighted by atomic mass is 9.63. The van der Waals surface area contributed by atoms with Crippen molar-refractivity contribution in [3.8, 4) is 23.0 Å². The monoisotopic (exact) mass is 445 g/mol. The lowest BCUT2D eigenvalue weighted by Gasteiger charge is -2.39. The van der Waals surface area contributed by atoms with Crippen molar-refractivity contribution in [1.82, 2.24) is 9.97 Å². The normalized spacial score (nSPS) is 27.1. The second kappa shape index (κ2) is 5.87. The van der Waals surface area contributed by atoms with Crippen LogP contribution in [0.2, 0.25) is 0 Å². The highest BCUT2D eigenvalue weighted by atomic mass is 16.7. The molecule has 2 aromatic carbocycles. The Hall–Kier alpha value is -3.55. The van der Waals surface area contributed by atoms with E-state index in [9.17, 15) is 4.79 Å². The van der Waals surface area contributed by atoms with E-state index >= 15 is 0 Å². The Labute approximate surface area is 190 Å². The lowest BCUT2D eigenvalue weighted by molar-refractivity contribution is -0.125. The maximum Gasteiger partial charge on any atom is 0.237 e. The zero-order valence-electron chi connectivity index (χ0n) is 18.7. The Morgan fingerprint density at radius 3 is 2.12 bits per heavy atom. The van der Waals surface area contributed by atoms with E-state index in [0.29, 0.717) is 40.6 Å². The van der Waals surface area contributed by atoms with Gasteiger partial charge < -0.3 is 24.3 Å². The summed E-state index contributed by atoms with van der Waals surface area (Å²) in [6, 6.07) is 9.20. The molecule has 33 heavy (non-hydrogen) atoms. The fourth-order valence-electron chi connectivity index (χ4n) is 6.21. The summed E-state index contributed by atoms with van der Waals surface area (Å²) < 4.78 is 22.0. The summed E-state index contributed by atoms with van der Waals surface area (Å²) in [5.41, 5.74) is 2.37. The maximum atomic E-state index is 14.0. The van der Waals surface area contributed by atoms with Crippen LogP contribution in [0, 0.1) is 5.41 Å². The van der Waals surface area contributed by atoms with E-state index in [1.165, 1.54) is 0 Å². The summed E-state index contributed by atoms with van der Waals surface area (Å²) >= 11 is 0. The molecule has 168 valence electrons. The number of carbonyl (C=O) groups excluding carboxylic acids is 1. The summed E-state index contributed by atoms with van der Waals surface area (Å²) in [5.74, 6) is 2.59. The van der Waals surface area contributed by atoms with Gasteiger partial charge in [-0.15, -0.1) is 0 Å². The molecule has 3 heterocycles. The minimum absolute atomic E-state index is 0.0665. The van der Waals surface area contributed by atoms with Crippen molar-refractivity contribution in [3.63, 3.8) is 0 Å². The van der Waals surface area contributed by atoms with E-state index in [4.69, 9.17) is 28.9 Å². The predicted octanol–water partition coefficient (Wildman–Crippen LogP) is 4.06. The molecule has 2 bridgehead atoms. The second-order valence-electron chi connectivity index (χ2n) is 10.00. The van der Waals surface area contributed by atoms with Crippen molar-refractivity contribution in [1.29, 1.82) is 0 Å². The summed E-state index contributed by atoms with van der Waals surface area (Å²) in [4.78, 5) is 24.1. The first-order chi connectivity index (χ1) is 15.8. The van der Waals surface area contributed by atoms with E-state index in [1.807, 2.05) is 24.3 Å². The fraction of sp³-hybridized carbons (Fsp3) is 0.400. The first kappa shape index (κ1) is 19.0. The SMILES string of the molecule is CC12CCC(C(=O)Nc3ccc4c(c3)OCO4)(c3nc4cc5c(cc4nc31)OCO5)C2(C)C. The van der Waals surface area contributed by atoms with Crippen LogP contribution >= 0.6 is 0 Å². The Balaban J connectivity index is 1.37. The third kappa shape index (κ3) is 2.14. The molecule has 2 aliphatic heterocycles. The average Bonchev–Trinajstić information content (AvgIpc) is 3.51. The number of anilines is 1. The summed E-state index contributed by atoms with van der Waals surface area (Å²) in [6.07, 6.45) is 1.58. The number of nitrogens with one attached hydrogen (secondary N) is 1. The molecule has 1 amide bonds. The van der Waals surface area contributed by atoms with Crippen molar-refractivity contribution in [2.45, 2.75) is 44.4 Å². The summed E-state index contributed by atoms with van der Waals surface area (Å²) in [6.45, 7) is 6.93. The predicted molar refractivity (Wildman–Crippen MR) is 119 cm³/mol. The van der Waals surface area contributed by atoms with E-state index in [1.54, 1.807) is 6.07 Å². The van der Waals surface area contributed by atoms with Gasteiger partial charge in [-0.1, -0.05) is 20.8 Å². The number of amides is 1. The number of aromatic nitrogens is 2. The van der Waals surface area contributed by atoms with Gasteiger partial charge in [-0.3, -0.25) is 4.79 Å². The highest BCUT2D eigenvalue weighted by Crippen LogP contribution is 2.70. The maximum absolute atomic E-state index is 14.0. The Morgan fingerprint density at radius 2 is 1.42 bits per heavy atom. The van der Waals surface area contributed by atoms with E-state index in [-0.39, 0.29) is 30.3 Å². The van der Waals surface area contributed by atoms with Gasteiger partial charge in [0.15, 0.2) is 23.0 Å². The Kier molecular flexibility index (Phi) is 3.37. The number of nitrogens with zero attached hydrogens (tertiary/aromatic N) is 2. The first-order valence-electron chi connectivity index (χ1n) is 11.2. The number of carbonyl (C=O) groups is 1. The molecule has 0 radical (unpaired) electrons. The van der Waals surface area contributed by atoms with Gasteiger partial charge in [0.05, 0.1) is 27.8 Å². The smallest absolute Gasteiger partial charge is 0.237 e. The molecule has 2 atom stereocenters. The van der Waals surface area contributed by atoms with Crippen LogP contribution in [0.5, 0.6) is 23.0 Å². The molecule has 1 fully saturated rings. The van der Waals surface area contributed by atoms with E-state index in [0.717, 1.165) is 23.3 Å². The molecule has 4 aliphatic rings. The van der Waals surface area contributed by atoms with Crippen LogP contribution in [0.25, 0.3) is 11.0 Å². The third-order valence-corrected chi connectivity index (χ3v) is 8.55. The van der Waals surface area contributed by atoms with Gasteiger partial charge in [0.25, 0.3) is 0 Å². The Morgan fingerprint density at radius 1 is 0.818 bits per heavy atom. The minimum atomic E-state index is -0.801. The molecule has 1 N–H and O–H groups in total. The van der Waals surface area contributed by atoms with Gasteiger partial charge in [-0.2, -0.15) is 0 Å². The van der Waals surface area contributed by atoms with Gasteiger partial charge in [0.2, 0.25) is 19.5 Å². The molecule has 1 aromatic heterocycles. The van der Waals surface area contributed by atoms with Gasteiger partial charge in [-0.25, -0.2) is 9.97 Å². The van der Waals surface area contributed by atoms with Crippen LogP contribution in [-0.2, 0) is 15.6 Å². The second-order valence-corrected chi connectivity index (χ2v) is 10.00. The quantitative estimate of drug-likeness (QED) is 0.636. The standard InChI is InChI=1S/C25H23N3O5/c1-23(2)24(3)6-7-25(23,22(29)26-13-4-5-16-17(8-13)31-11-30-16)21-20(24)27-14-9-18-19(33-12-32-18)10-15(14)28-21/h4-5,8-10H,6-7,11-12H2,1-3H3,(H,26,29). The highest BCUT2D eigenvalue weighted by molar-refractivity contribution is 6.02.